The Morgan fingerprint density at radius 1 is 1.21 bits per heavy atom. The Balaban J connectivity index is 1.42. The van der Waals surface area contributed by atoms with E-state index in [0.717, 1.165) is 16.6 Å². The average Bonchev–Trinajstić information content (AvgIpc) is 3.30. The van der Waals surface area contributed by atoms with Crippen LogP contribution >= 0.6 is 23.4 Å². The molecule has 0 aliphatic rings. The number of nitrogens with one attached hydrogen (secondary N) is 1. The number of thioether (sulfide) groups is 1. The van der Waals surface area contributed by atoms with Crippen LogP contribution < -0.4 is 4.74 Å². The molecular formula is C21H18ClN3O3S. The van der Waals surface area contributed by atoms with E-state index < -0.39 is 0 Å². The summed E-state index contributed by atoms with van der Waals surface area (Å²) >= 11 is 7.09. The Bertz CT molecular complexity index is 1150. The van der Waals surface area contributed by atoms with E-state index in [0.29, 0.717) is 27.4 Å². The summed E-state index contributed by atoms with van der Waals surface area (Å²) in [6, 6.07) is 14.8. The van der Waals surface area contributed by atoms with Crippen LogP contribution in [0.4, 0.5) is 0 Å². The van der Waals surface area contributed by atoms with E-state index in [1.54, 1.807) is 24.3 Å². The van der Waals surface area contributed by atoms with Gasteiger partial charge in [0.1, 0.15) is 5.75 Å². The lowest BCUT2D eigenvalue weighted by Gasteiger charge is -2.07. The first kappa shape index (κ1) is 19.5. The molecule has 29 heavy (non-hydrogen) atoms. The Morgan fingerprint density at radius 2 is 1.97 bits per heavy atom. The van der Waals surface area contributed by atoms with Gasteiger partial charge in [0.05, 0.1) is 5.25 Å². The van der Waals surface area contributed by atoms with Crippen molar-refractivity contribution in [1.82, 2.24) is 15.2 Å². The number of aromatic amines is 1. The molecule has 2 aromatic carbocycles. The van der Waals surface area contributed by atoms with Crippen LogP contribution in [0.2, 0.25) is 5.02 Å². The highest BCUT2D eigenvalue weighted by Gasteiger charge is 2.24. The summed E-state index contributed by atoms with van der Waals surface area (Å²) in [5, 5.41) is 9.51. The molecule has 148 valence electrons. The van der Waals surface area contributed by atoms with Crippen molar-refractivity contribution in [2.75, 3.05) is 0 Å². The van der Waals surface area contributed by atoms with Crippen LogP contribution in [0.15, 0.2) is 58.2 Å². The van der Waals surface area contributed by atoms with Crippen LogP contribution in [0.3, 0.4) is 0 Å². The zero-order valence-corrected chi connectivity index (χ0v) is 17.4. The number of ether oxygens (including phenoxy) is 1. The van der Waals surface area contributed by atoms with Crippen LogP contribution in [0.1, 0.15) is 28.9 Å². The van der Waals surface area contributed by atoms with Gasteiger partial charge in [0.25, 0.3) is 11.1 Å². The lowest BCUT2D eigenvalue weighted by atomic mass is 10.1. The maximum atomic E-state index is 13.0. The number of carbonyl (C=O) groups excluding carboxylic acids is 1. The summed E-state index contributed by atoms with van der Waals surface area (Å²) < 4.78 is 11.2. The van der Waals surface area contributed by atoms with Gasteiger partial charge in [0, 0.05) is 27.2 Å². The summed E-state index contributed by atoms with van der Waals surface area (Å²) in [4.78, 5) is 16.3. The van der Waals surface area contributed by atoms with Crippen molar-refractivity contribution in [1.29, 1.82) is 0 Å². The van der Waals surface area contributed by atoms with Crippen molar-refractivity contribution in [2.24, 2.45) is 0 Å². The van der Waals surface area contributed by atoms with Crippen molar-refractivity contribution in [2.45, 2.75) is 30.9 Å². The molecule has 0 radical (unpaired) electrons. The maximum Gasteiger partial charge on any atom is 0.277 e. The second kappa shape index (κ2) is 8.31. The predicted molar refractivity (Wildman–Crippen MR) is 113 cm³/mol. The number of halogens is 1. The number of aromatic nitrogens is 3. The first-order valence-electron chi connectivity index (χ1n) is 9.00. The topological polar surface area (TPSA) is 81.0 Å². The highest BCUT2D eigenvalue weighted by Crippen LogP contribution is 2.29. The second-order valence-electron chi connectivity index (χ2n) is 6.50. The molecule has 4 rings (SSSR count). The number of rotatable bonds is 7. The summed E-state index contributed by atoms with van der Waals surface area (Å²) in [6.07, 6.45) is 0. The molecule has 1 atom stereocenters. The van der Waals surface area contributed by atoms with Crippen molar-refractivity contribution < 1.29 is 13.9 Å². The number of aryl methyl sites for hydroxylation is 1. The van der Waals surface area contributed by atoms with Crippen LogP contribution in [0.25, 0.3) is 10.9 Å². The van der Waals surface area contributed by atoms with Crippen LogP contribution in [-0.2, 0) is 6.61 Å². The summed E-state index contributed by atoms with van der Waals surface area (Å²) in [6.45, 7) is 3.88. The fourth-order valence-corrected chi connectivity index (χ4v) is 3.91. The van der Waals surface area contributed by atoms with E-state index in [1.807, 2.05) is 38.1 Å². The summed E-state index contributed by atoms with van der Waals surface area (Å²) in [5.41, 5.74) is 2.50. The molecule has 0 spiro atoms. The van der Waals surface area contributed by atoms with Gasteiger partial charge in [-0.25, -0.2) is 0 Å². The molecule has 1 N–H and O–H groups in total. The molecule has 0 bridgehead atoms. The minimum absolute atomic E-state index is 0.0158. The quantitative estimate of drug-likeness (QED) is 0.312. The number of nitrogens with zero attached hydrogens (tertiary/aromatic N) is 2. The van der Waals surface area contributed by atoms with E-state index in [9.17, 15) is 4.79 Å². The van der Waals surface area contributed by atoms with Gasteiger partial charge >= 0.3 is 0 Å². The molecule has 0 saturated heterocycles. The SMILES string of the molecule is Cc1[nH]c2ccccc2c1C(=O)C(C)Sc1nnc(COc2ccc(Cl)cc2)o1. The Kier molecular flexibility index (Phi) is 5.60. The zero-order valence-electron chi connectivity index (χ0n) is 15.8. The number of hydrogen-bond donors (Lipinski definition) is 1. The normalized spacial score (nSPS) is 12.2. The lowest BCUT2D eigenvalue weighted by molar-refractivity contribution is 0.0994. The summed E-state index contributed by atoms with van der Waals surface area (Å²) in [7, 11) is 0. The molecule has 4 aromatic rings. The maximum absolute atomic E-state index is 13.0. The van der Waals surface area contributed by atoms with Crippen LogP contribution in [0.5, 0.6) is 5.75 Å². The zero-order chi connectivity index (χ0) is 20.4. The molecule has 0 amide bonds. The fourth-order valence-electron chi connectivity index (χ4n) is 3.02. The van der Waals surface area contributed by atoms with Gasteiger partial charge < -0.3 is 14.1 Å². The lowest BCUT2D eigenvalue weighted by Crippen LogP contribution is -2.14. The number of hydrogen-bond acceptors (Lipinski definition) is 6. The Labute approximate surface area is 176 Å². The van der Waals surface area contributed by atoms with Crippen LogP contribution in [-0.4, -0.2) is 26.2 Å². The van der Waals surface area contributed by atoms with Crippen molar-refractivity contribution in [3.8, 4) is 5.75 Å². The van der Waals surface area contributed by atoms with Gasteiger partial charge in [-0.3, -0.25) is 4.79 Å². The molecule has 0 aliphatic carbocycles. The molecule has 2 aromatic heterocycles. The van der Waals surface area contributed by atoms with Gasteiger partial charge in [-0.15, -0.1) is 10.2 Å². The van der Waals surface area contributed by atoms with Crippen LogP contribution in [0, 0.1) is 6.92 Å². The van der Waals surface area contributed by atoms with E-state index in [2.05, 4.69) is 15.2 Å². The fraction of sp³-hybridized carbons (Fsp3) is 0.190. The molecule has 1 unspecified atom stereocenters. The molecule has 0 fully saturated rings. The van der Waals surface area contributed by atoms with Crippen molar-refractivity contribution >= 4 is 40.0 Å². The largest absolute Gasteiger partial charge is 0.484 e. The predicted octanol–water partition coefficient (Wildman–Crippen LogP) is 5.46. The van der Waals surface area contributed by atoms with E-state index in [1.165, 1.54) is 11.8 Å². The molecule has 2 heterocycles. The van der Waals surface area contributed by atoms with Gasteiger partial charge in [0.2, 0.25) is 0 Å². The van der Waals surface area contributed by atoms with Gasteiger partial charge in [-0.05, 0) is 44.2 Å². The highest BCUT2D eigenvalue weighted by molar-refractivity contribution is 8.00. The summed E-state index contributed by atoms with van der Waals surface area (Å²) in [5.74, 6) is 1.01. The third-order valence-electron chi connectivity index (χ3n) is 4.41. The Morgan fingerprint density at radius 3 is 2.76 bits per heavy atom. The first-order chi connectivity index (χ1) is 14.0. The number of Topliss-reactive ketones (excluding diaryl/α,β-unsaturated/α-hetero) is 1. The highest BCUT2D eigenvalue weighted by atomic mass is 35.5. The van der Waals surface area contributed by atoms with E-state index in [-0.39, 0.29) is 17.6 Å². The smallest absolute Gasteiger partial charge is 0.277 e. The van der Waals surface area contributed by atoms with Gasteiger partial charge in [0.15, 0.2) is 12.4 Å². The number of carbonyl (C=O) groups is 1. The number of benzene rings is 2. The minimum Gasteiger partial charge on any atom is -0.484 e. The molecule has 0 aliphatic heterocycles. The monoisotopic (exact) mass is 427 g/mol. The molecule has 0 saturated carbocycles. The van der Waals surface area contributed by atoms with Gasteiger partial charge in [-0.1, -0.05) is 41.6 Å². The molecule has 8 heteroatoms. The number of ketones is 1. The number of para-hydroxylation sites is 1. The van der Waals surface area contributed by atoms with Crippen molar-refractivity contribution in [3.05, 3.63) is 70.7 Å². The number of fused-ring (bicyclic) bond motifs is 1. The molecule has 6 nitrogen and oxygen atoms in total. The van der Waals surface area contributed by atoms with Crippen molar-refractivity contribution in [3.63, 3.8) is 0 Å². The van der Waals surface area contributed by atoms with E-state index >= 15 is 0 Å². The average molecular weight is 428 g/mol. The molecular weight excluding hydrogens is 410 g/mol. The first-order valence-corrected chi connectivity index (χ1v) is 10.3. The minimum atomic E-state index is -0.376. The Hall–Kier alpha value is -2.77. The standard InChI is InChI=1S/C21H18ClN3O3S/c1-12-19(16-5-3-4-6-17(16)23-12)20(26)13(2)29-21-25-24-18(28-21)11-27-15-9-7-14(22)8-10-15/h3-10,13,23H,11H2,1-2H3. The van der Waals surface area contributed by atoms with Gasteiger partial charge in [-0.2, -0.15) is 0 Å². The third-order valence-corrected chi connectivity index (χ3v) is 5.60. The van der Waals surface area contributed by atoms with E-state index in [4.69, 9.17) is 20.8 Å². The third kappa shape index (κ3) is 4.31. The number of H-pyrrole nitrogens is 1. The second-order valence-corrected chi connectivity index (χ2v) is 8.23.